The van der Waals surface area contributed by atoms with Gasteiger partial charge >= 0.3 is 0 Å². The smallest absolute Gasteiger partial charge is 0.126 e. The first kappa shape index (κ1) is 12.9. The van der Waals surface area contributed by atoms with Gasteiger partial charge in [-0.1, -0.05) is 24.3 Å². The van der Waals surface area contributed by atoms with Gasteiger partial charge in [-0.25, -0.2) is 0 Å². The van der Waals surface area contributed by atoms with Crippen LogP contribution in [0.1, 0.15) is 23.5 Å². The molecule has 1 aliphatic heterocycles. The van der Waals surface area contributed by atoms with Crippen molar-refractivity contribution in [2.45, 2.75) is 12.3 Å². The monoisotopic (exact) mass is 269 g/mol. The van der Waals surface area contributed by atoms with Crippen LogP contribution in [0.15, 0.2) is 42.5 Å². The molecular weight excluding hydrogens is 250 g/mol. The molecule has 1 N–H and O–H groups in total. The topological polar surface area (TPSA) is 30.5 Å². The van der Waals surface area contributed by atoms with Crippen LogP contribution in [0.2, 0.25) is 0 Å². The molecule has 3 rings (SSSR count). The van der Waals surface area contributed by atoms with Gasteiger partial charge < -0.3 is 14.8 Å². The van der Waals surface area contributed by atoms with E-state index in [9.17, 15) is 0 Å². The number of fused-ring (bicyclic) bond motifs is 1. The third-order valence-corrected chi connectivity index (χ3v) is 3.90. The minimum Gasteiger partial charge on any atom is -0.496 e. The number of anilines is 1. The zero-order chi connectivity index (χ0) is 13.9. The fourth-order valence-electron chi connectivity index (χ4n) is 2.99. The van der Waals surface area contributed by atoms with Gasteiger partial charge in [0.2, 0.25) is 0 Å². The molecule has 0 saturated heterocycles. The first-order valence-electron chi connectivity index (χ1n) is 6.89. The van der Waals surface area contributed by atoms with Gasteiger partial charge in [-0.3, -0.25) is 0 Å². The summed E-state index contributed by atoms with van der Waals surface area (Å²) in [5.74, 6) is 2.09. The Morgan fingerprint density at radius 1 is 0.950 bits per heavy atom. The normalized spacial score (nSPS) is 17.0. The summed E-state index contributed by atoms with van der Waals surface area (Å²) in [6.45, 7) is 0.961. The maximum Gasteiger partial charge on any atom is 0.126 e. The third kappa shape index (κ3) is 2.09. The van der Waals surface area contributed by atoms with Gasteiger partial charge in [0.1, 0.15) is 11.5 Å². The van der Waals surface area contributed by atoms with E-state index in [4.69, 9.17) is 9.47 Å². The van der Waals surface area contributed by atoms with E-state index in [0.717, 1.165) is 30.0 Å². The number of benzene rings is 2. The molecule has 104 valence electrons. The zero-order valence-electron chi connectivity index (χ0n) is 11.8. The summed E-state index contributed by atoms with van der Waals surface area (Å²) in [6.07, 6.45) is 1.04. The van der Waals surface area contributed by atoms with Crippen LogP contribution in [-0.2, 0) is 0 Å². The molecule has 2 aromatic carbocycles. The highest BCUT2D eigenvalue weighted by Crippen LogP contribution is 2.44. The largest absolute Gasteiger partial charge is 0.496 e. The van der Waals surface area contributed by atoms with Crippen LogP contribution in [0.3, 0.4) is 0 Å². The third-order valence-electron chi connectivity index (χ3n) is 3.90. The van der Waals surface area contributed by atoms with Gasteiger partial charge in [0, 0.05) is 23.7 Å². The van der Waals surface area contributed by atoms with E-state index in [1.165, 1.54) is 11.3 Å². The van der Waals surface area contributed by atoms with Gasteiger partial charge in [0.05, 0.1) is 14.2 Å². The molecule has 0 spiro atoms. The Labute approximate surface area is 119 Å². The number of rotatable bonds is 3. The van der Waals surface area contributed by atoms with Crippen molar-refractivity contribution in [3.63, 3.8) is 0 Å². The lowest BCUT2D eigenvalue weighted by Gasteiger charge is -2.29. The highest BCUT2D eigenvalue weighted by atomic mass is 16.5. The number of hydrogen-bond acceptors (Lipinski definition) is 3. The number of methoxy groups -OCH3 is 2. The lowest BCUT2D eigenvalue weighted by atomic mass is 9.84. The highest BCUT2D eigenvalue weighted by molar-refractivity contribution is 5.61. The molecule has 0 bridgehead atoms. The van der Waals surface area contributed by atoms with Gasteiger partial charge in [-0.15, -0.1) is 0 Å². The molecule has 1 unspecified atom stereocenters. The summed E-state index contributed by atoms with van der Waals surface area (Å²) in [5.41, 5.74) is 3.66. The van der Waals surface area contributed by atoms with Crippen LogP contribution >= 0.6 is 0 Å². The molecule has 1 atom stereocenters. The van der Waals surface area contributed by atoms with E-state index in [2.05, 4.69) is 29.6 Å². The SMILES string of the molecule is COc1cccc(OC)c1C1CCNc2ccccc21. The quantitative estimate of drug-likeness (QED) is 0.922. The molecule has 0 aromatic heterocycles. The minimum absolute atomic E-state index is 0.304. The minimum atomic E-state index is 0.304. The molecule has 0 fully saturated rings. The van der Waals surface area contributed by atoms with Crippen LogP contribution in [0.25, 0.3) is 0 Å². The van der Waals surface area contributed by atoms with E-state index in [0.29, 0.717) is 5.92 Å². The Morgan fingerprint density at radius 3 is 2.35 bits per heavy atom. The summed E-state index contributed by atoms with van der Waals surface area (Å²) in [7, 11) is 3.43. The van der Waals surface area contributed by atoms with Crippen LogP contribution < -0.4 is 14.8 Å². The molecule has 1 heterocycles. The van der Waals surface area contributed by atoms with Gasteiger partial charge in [-0.2, -0.15) is 0 Å². The van der Waals surface area contributed by atoms with Crippen molar-refractivity contribution in [2.75, 3.05) is 26.1 Å². The van der Waals surface area contributed by atoms with Crippen LogP contribution in [0, 0.1) is 0 Å². The van der Waals surface area contributed by atoms with E-state index in [-0.39, 0.29) is 0 Å². The average Bonchev–Trinajstić information content (AvgIpc) is 2.53. The molecule has 2 aromatic rings. The molecule has 0 saturated carbocycles. The molecule has 3 nitrogen and oxygen atoms in total. The second kappa shape index (κ2) is 5.45. The number of ether oxygens (including phenoxy) is 2. The van der Waals surface area contributed by atoms with Crippen molar-refractivity contribution in [1.29, 1.82) is 0 Å². The fourth-order valence-corrected chi connectivity index (χ4v) is 2.99. The predicted octanol–water partition coefficient (Wildman–Crippen LogP) is 3.65. The molecule has 0 radical (unpaired) electrons. The van der Waals surface area contributed by atoms with Gasteiger partial charge in [0.15, 0.2) is 0 Å². The van der Waals surface area contributed by atoms with E-state index >= 15 is 0 Å². The highest BCUT2D eigenvalue weighted by Gasteiger charge is 2.26. The fraction of sp³-hybridized carbons (Fsp3) is 0.294. The molecular formula is C17H19NO2. The van der Waals surface area contributed by atoms with Crippen molar-refractivity contribution in [3.8, 4) is 11.5 Å². The second-order valence-electron chi connectivity index (χ2n) is 4.93. The summed E-state index contributed by atoms with van der Waals surface area (Å²) in [4.78, 5) is 0. The maximum atomic E-state index is 5.56. The lowest BCUT2D eigenvalue weighted by Crippen LogP contribution is -2.18. The summed E-state index contributed by atoms with van der Waals surface area (Å²) < 4.78 is 11.1. The van der Waals surface area contributed by atoms with E-state index < -0.39 is 0 Å². The maximum absolute atomic E-state index is 5.56. The van der Waals surface area contributed by atoms with Crippen LogP contribution in [0.5, 0.6) is 11.5 Å². The van der Waals surface area contributed by atoms with Crippen molar-refractivity contribution in [2.24, 2.45) is 0 Å². The second-order valence-corrected chi connectivity index (χ2v) is 4.93. The summed E-state index contributed by atoms with van der Waals surface area (Å²) in [5, 5.41) is 3.46. The molecule has 3 heteroatoms. The van der Waals surface area contributed by atoms with E-state index in [1.54, 1.807) is 14.2 Å². The van der Waals surface area contributed by atoms with Gasteiger partial charge in [0.25, 0.3) is 0 Å². The lowest BCUT2D eigenvalue weighted by molar-refractivity contribution is 0.380. The van der Waals surface area contributed by atoms with E-state index in [1.807, 2.05) is 18.2 Å². The van der Waals surface area contributed by atoms with Crippen molar-refractivity contribution < 1.29 is 9.47 Å². The van der Waals surface area contributed by atoms with Crippen molar-refractivity contribution >= 4 is 5.69 Å². The summed E-state index contributed by atoms with van der Waals surface area (Å²) in [6, 6.07) is 14.4. The Bertz CT molecular complexity index is 587. The van der Waals surface area contributed by atoms with Crippen LogP contribution in [0.4, 0.5) is 5.69 Å². The average molecular weight is 269 g/mol. The number of hydrogen-bond donors (Lipinski definition) is 1. The summed E-state index contributed by atoms with van der Waals surface area (Å²) >= 11 is 0. The van der Waals surface area contributed by atoms with Gasteiger partial charge in [-0.05, 0) is 30.2 Å². The number of para-hydroxylation sites is 1. The Morgan fingerprint density at radius 2 is 1.65 bits per heavy atom. The van der Waals surface area contributed by atoms with Crippen molar-refractivity contribution in [1.82, 2.24) is 0 Å². The molecule has 20 heavy (non-hydrogen) atoms. The Hall–Kier alpha value is -2.16. The van der Waals surface area contributed by atoms with Crippen molar-refractivity contribution in [3.05, 3.63) is 53.6 Å². The first-order valence-corrected chi connectivity index (χ1v) is 6.89. The number of nitrogens with one attached hydrogen (secondary N) is 1. The predicted molar refractivity (Wildman–Crippen MR) is 80.9 cm³/mol. The zero-order valence-corrected chi connectivity index (χ0v) is 11.8. The standard InChI is InChI=1S/C17H19NO2/c1-19-15-8-5-9-16(20-2)17(15)13-10-11-18-14-7-4-3-6-12(13)14/h3-9,13,18H,10-11H2,1-2H3. The Kier molecular flexibility index (Phi) is 3.50. The first-order chi connectivity index (χ1) is 9.85. The Balaban J connectivity index is 2.15. The molecule has 0 amide bonds. The van der Waals surface area contributed by atoms with Crippen LogP contribution in [-0.4, -0.2) is 20.8 Å². The molecule has 1 aliphatic rings. The molecule has 0 aliphatic carbocycles.